The number of allylic oxidation sites excluding steroid dienone is 2. The van der Waals surface area contributed by atoms with Crippen molar-refractivity contribution in [3.8, 4) is 12.1 Å². The number of H-pyrrole nitrogens is 1. The van der Waals surface area contributed by atoms with E-state index >= 15 is 0 Å². The number of ether oxygens (including phenoxy) is 1. The van der Waals surface area contributed by atoms with Gasteiger partial charge in [0.2, 0.25) is 11.8 Å². The molecule has 4 rings (SSSR count). The molecule has 0 amide bonds. The van der Waals surface area contributed by atoms with Crippen molar-refractivity contribution in [3.63, 3.8) is 0 Å². The summed E-state index contributed by atoms with van der Waals surface area (Å²) in [4.78, 5) is 25.5. The third-order valence-corrected chi connectivity index (χ3v) is 5.00. The molecule has 8 nitrogen and oxygen atoms in total. The van der Waals surface area contributed by atoms with Gasteiger partial charge in [-0.3, -0.25) is 14.7 Å². The van der Waals surface area contributed by atoms with Crippen LogP contribution < -0.4 is 16.9 Å². The van der Waals surface area contributed by atoms with Crippen LogP contribution in [0, 0.1) is 22.7 Å². The predicted molar refractivity (Wildman–Crippen MR) is 110 cm³/mol. The molecule has 9 heteroatoms. The molecule has 0 spiro atoms. The third kappa shape index (κ3) is 2.93. The van der Waals surface area contributed by atoms with Crippen LogP contribution in [0.25, 0.3) is 16.7 Å². The standard InChI is InChI=1S/C21H12ClN5O3/c22-12-7-5-11(6-8-12)17-15(9-23)18(25)30-21(16(17)10-24)27-20(29)14-4-2-1-3-13(14)19(28)26-27/h1-8,17H,25H2,(H,26,28). The maximum Gasteiger partial charge on any atom is 0.280 e. The van der Waals surface area contributed by atoms with Crippen molar-refractivity contribution in [2.45, 2.75) is 5.92 Å². The van der Waals surface area contributed by atoms with E-state index in [1.807, 2.05) is 12.1 Å². The van der Waals surface area contributed by atoms with Crippen molar-refractivity contribution in [2.24, 2.45) is 5.73 Å². The van der Waals surface area contributed by atoms with E-state index in [1.54, 1.807) is 36.4 Å². The Morgan fingerprint density at radius 2 is 1.63 bits per heavy atom. The van der Waals surface area contributed by atoms with E-state index < -0.39 is 17.0 Å². The number of aromatic amines is 1. The summed E-state index contributed by atoms with van der Waals surface area (Å²) in [6, 6.07) is 16.7. The highest BCUT2D eigenvalue weighted by molar-refractivity contribution is 6.30. The Morgan fingerprint density at radius 3 is 2.27 bits per heavy atom. The molecule has 3 N–H and O–H groups in total. The van der Waals surface area contributed by atoms with Gasteiger partial charge in [0, 0.05) is 5.02 Å². The molecule has 0 radical (unpaired) electrons. The van der Waals surface area contributed by atoms with Gasteiger partial charge in [0.05, 0.1) is 16.7 Å². The Bertz CT molecular complexity index is 1450. The molecular formula is C21H12ClN5O3. The van der Waals surface area contributed by atoms with E-state index in [2.05, 4.69) is 5.10 Å². The minimum atomic E-state index is -0.900. The fraction of sp³-hybridized carbons (Fsp3) is 0.0476. The van der Waals surface area contributed by atoms with E-state index in [0.717, 1.165) is 4.68 Å². The average molecular weight is 418 g/mol. The number of nitrogens with zero attached hydrogens (tertiary/aromatic N) is 3. The molecule has 2 heterocycles. The Labute approximate surface area is 174 Å². The molecule has 30 heavy (non-hydrogen) atoms. The fourth-order valence-electron chi connectivity index (χ4n) is 3.35. The molecule has 1 atom stereocenters. The first-order valence-electron chi connectivity index (χ1n) is 8.68. The van der Waals surface area contributed by atoms with E-state index in [-0.39, 0.29) is 33.7 Å². The Balaban J connectivity index is 2.04. The Hall–Kier alpha value is -4.27. The molecule has 0 saturated carbocycles. The normalized spacial score (nSPS) is 16.2. The maximum atomic E-state index is 13.0. The number of nitrogens with two attached hydrogens (primary N) is 1. The van der Waals surface area contributed by atoms with Gasteiger partial charge in [-0.25, -0.2) is 0 Å². The molecule has 3 aromatic rings. The lowest BCUT2D eigenvalue weighted by Gasteiger charge is -2.26. The van der Waals surface area contributed by atoms with Crippen LogP contribution in [0.5, 0.6) is 0 Å². The second-order valence-corrected chi connectivity index (χ2v) is 6.87. The van der Waals surface area contributed by atoms with Crippen molar-refractivity contribution in [3.05, 3.63) is 96.9 Å². The summed E-state index contributed by atoms with van der Waals surface area (Å²) in [7, 11) is 0. The van der Waals surface area contributed by atoms with Crippen LogP contribution >= 0.6 is 11.6 Å². The van der Waals surface area contributed by atoms with Crippen LogP contribution in [0.2, 0.25) is 5.02 Å². The predicted octanol–water partition coefficient (Wildman–Crippen LogP) is 2.54. The smallest absolute Gasteiger partial charge is 0.280 e. The molecule has 1 aliphatic heterocycles. The largest absolute Gasteiger partial charge is 0.421 e. The van der Waals surface area contributed by atoms with Crippen LogP contribution in [0.4, 0.5) is 0 Å². The molecular weight excluding hydrogens is 406 g/mol. The molecule has 0 saturated heterocycles. The number of hydrogen-bond donors (Lipinski definition) is 2. The average Bonchev–Trinajstić information content (AvgIpc) is 2.76. The van der Waals surface area contributed by atoms with E-state index in [0.29, 0.717) is 10.6 Å². The lowest BCUT2D eigenvalue weighted by Crippen LogP contribution is -2.33. The van der Waals surface area contributed by atoms with Crippen molar-refractivity contribution in [2.75, 3.05) is 0 Å². The third-order valence-electron chi connectivity index (χ3n) is 4.75. The zero-order valence-electron chi connectivity index (χ0n) is 15.2. The van der Waals surface area contributed by atoms with Crippen LogP contribution in [-0.2, 0) is 4.74 Å². The van der Waals surface area contributed by atoms with Crippen LogP contribution in [0.1, 0.15) is 11.5 Å². The summed E-state index contributed by atoms with van der Waals surface area (Å²) in [6.45, 7) is 0. The van der Waals surface area contributed by atoms with Gasteiger partial charge in [0.15, 0.2) is 0 Å². The number of nitrogens with one attached hydrogen (secondary N) is 1. The lowest BCUT2D eigenvalue weighted by atomic mass is 9.84. The number of hydrogen-bond acceptors (Lipinski definition) is 6. The maximum absolute atomic E-state index is 13.0. The molecule has 1 aliphatic rings. The SMILES string of the molecule is N#CC1=C(N)OC(n2[nH]c(=O)c3ccccc3c2=O)=C(C#N)C1c1ccc(Cl)cc1. The number of halogens is 1. The van der Waals surface area contributed by atoms with Crippen LogP contribution in [0.15, 0.2) is 75.1 Å². The molecule has 2 aromatic carbocycles. The van der Waals surface area contributed by atoms with Crippen molar-refractivity contribution < 1.29 is 4.74 Å². The topological polar surface area (TPSA) is 138 Å². The van der Waals surface area contributed by atoms with Crippen LogP contribution in [-0.4, -0.2) is 9.78 Å². The fourth-order valence-corrected chi connectivity index (χ4v) is 3.48. The van der Waals surface area contributed by atoms with Gasteiger partial charge in [-0.1, -0.05) is 35.9 Å². The number of benzene rings is 2. The number of aromatic nitrogens is 2. The summed E-state index contributed by atoms with van der Waals surface area (Å²) in [6.07, 6.45) is 0. The molecule has 0 bridgehead atoms. The molecule has 0 aliphatic carbocycles. The van der Waals surface area contributed by atoms with Gasteiger partial charge < -0.3 is 10.5 Å². The first-order valence-corrected chi connectivity index (χ1v) is 9.05. The first kappa shape index (κ1) is 19.1. The molecule has 1 unspecified atom stereocenters. The Morgan fingerprint density at radius 1 is 1.00 bits per heavy atom. The Kier molecular flexibility index (Phi) is 4.63. The van der Waals surface area contributed by atoms with Gasteiger partial charge >= 0.3 is 0 Å². The highest BCUT2D eigenvalue weighted by atomic mass is 35.5. The highest BCUT2D eigenvalue weighted by Crippen LogP contribution is 2.39. The molecule has 146 valence electrons. The van der Waals surface area contributed by atoms with Crippen molar-refractivity contribution in [1.82, 2.24) is 9.78 Å². The van der Waals surface area contributed by atoms with Crippen LogP contribution in [0.3, 0.4) is 0 Å². The van der Waals surface area contributed by atoms with Gasteiger partial charge in [0.25, 0.3) is 11.1 Å². The van der Waals surface area contributed by atoms with Gasteiger partial charge in [-0.05, 0) is 29.8 Å². The van der Waals surface area contributed by atoms with Crippen molar-refractivity contribution in [1.29, 1.82) is 10.5 Å². The zero-order chi connectivity index (χ0) is 21.4. The lowest BCUT2D eigenvalue weighted by molar-refractivity contribution is 0.322. The van der Waals surface area contributed by atoms with Gasteiger partial charge in [-0.15, -0.1) is 0 Å². The van der Waals surface area contributed by atoms with Crippen molar-refractivity contribution >= 4 is 28.3 Å². The van der Waals surface area contributed by atoms with Gasteiger partial charge in [0.1, 0.15) is 23.3 Å². The second kappa shape index (κ2) is 7.28. The summed E-state index contributed by atoms with van der Waals surface area (Å²) in [5.41, 5.74) is 5.30. The number of rotatable bonds is 2. The zero-order valence-corrected chi connectivity index (χ0v) is 16.0. The quantitative estimate of drug-likeness (QED) is 0.657. The number of nitriles is 2. The summed E-state index contributed by atoms with van der Waals surface area (Å²) >= 11 is 5.95. The summed E-state index contributed by atoms with van der Waals surface area (Å²) < 4.78 is 6.34. The highest BCUT2D eigenvalue weighted by Gasteiger charge is 2.35. The minimum absolute atomic E-state index is 0.00816. The second-order valence-electron chi connectivity index (χ2n) is 6.43. The van der Waals surface area contributed by atoms with E-state index in [9.17, 15) is 20.1 Å². The summed E-state index contributed by atoms with van der Waals surface area (Å²) in [5, 5.41) is 22.7. The first-order chi connectivity index (χ1) is 14.5. The minimum Gasteiger partial charge on any atom is -0.421 e. The molecule has 0 fully saturated rings. The van der Waals surface area contributed by atoms with E-state index in [1.165, 1.54) is 12.1 Å². The van der Waals surface area contributed by atoms with Gasteiger partial charge in [-0.2, -0.15) is 15.2 Å². The summed E-state index contributed by atoms with van der Waals surface area (Å²) in [5.74, 6) is -1.43. The molecule has 1 aromatic heterocycles. The van der Waals surface area contributed by atoms with E-state index in [4.69, 9.17) is 22.1 Å². The monoisotopic (exact) mass is 417 g/mol. The number of fused-ring (bicyclic) bond motifs is 1.